The van der Waals surface area contributed by atoms with Crippen molar-refractivity contribution in [3.8, 4) is 16.9 Å². The van der Waals surface area contributed by atoms with Gasteiger partial charge in [-0.05, 0) is 48.1 Å². The fourth-order valence-corrected chi connectivity index (χ4v) is 6.87. The normalized spacial score (nSPS) is 14.3. The van der Waals surface area contributed by atoms with Gasteiger partial charge < -0.3 is 9.84 Å². The Morgan fingerprint density at radius 2 is 1.51 bits per heavy atom. The predicted molar refractivity (Wildman–Crippen MR) is 157 cm³/mol. The van der Waals surface area contributed by atoms with E-state index in [4.69, 9.17) is 4.74 Å². The third-order valence-corrected chi connectivity index (χ3v) is 9.40. The minimum atomic E-state index is -3.91. The molecule has 0 saturated heterocycles. The zero-order valence-corrected chi connectivity index (χ0v) is 23.1. The lowest BCUT2D eigenvalue weighted by molar-refractivity contribution is -0.133. The van der Waals surface area contributed by atoms with Gasteiger partial charge >= 0.3 is 5.97 Å². The van der Waals surface area contributed by atoms with Crippen LogP contribution in [0.4, 0.5) is 5.69 Å². The molecule has 0 spiro atoms. The van der Waals surface area contributed by atoms with Crippen molar-refractivity contribution in [3.63, 3.8) is 0 Å². The van der Waals surface area contributed by atoms with Crippen molar-refractivity contribution in [2.75, 3.05) is 17.1 Å². The van der Waals surface area contributed by atoms with Gasteiger partial charge in [0.1, 0.15) is 5.75 Å². The summed E-state index contributed by atoms with van der Waals surface area (Å²) in [5, 5.41) is 10.8. The van der Waals surface area contributed by atoms with Crippen molar-refractivity contribution in [2.45, 2.75) is 41.9 Å². The predicted octanol–water partition coefficient (Wildman–Crippen LogP) is 7.44. The van der Waals surface area contributed by atoms with Crippen LogP contribution in [-0.4, -0.2) is 31.9 Å². The fourth-order valence-electron chi connectivity index (χ4n) is 5.02. The second kappa shape index (κ2) is 12.1. The summed E-state index contributed by atoms with van der Waals surface area (Å²) in [7, 11) is -3.91. The SMILES string of the molecule is O=C(O)CSc1cc(NS(=O)(=O)c2ccc(-c3ccccc3)cc2)c2ccccc2c1OCC1CCCCC1. The molecular weight excluding hydrogens is 530 g/mol. The van der Waals surface area contributed by atoms with Crippen LogP contribution in [0.25, 0.3) is 21.9 Å². The van der Waals surface area contributed by atoms with E-state index < -0.39 is 16.0 Å². The van der Waals surface area contributed by atoms with Crippen molar-refractivity contribution in [3.05, 3.63) is 84.9 Å². The molecule has 1 fully saturated rings. The van der Waals surface area contributed by atoms with Crippen LogP contribution in [0.3, 0.4) is 0 Å². The second-order valence-corrected chi connectivity index (χ2v) is 12.5. The Labute approximate surface area is 233 Å². The summed E-state index contributed by atoms with van der Waals surface area (Å²) in [6.07, 6.45) is 5.89. The first-order chi connectivity index (χ1) is 18.9. The lowest BCUT2D eigenvalue weighted by Gasteiger charge is -2.23. The van der Waals surface area contributed by atoms with Crippen molar-refractivity contribution in [1.29, 1.82) is 0 Å². The van der Waals surface area contributed by atoms with E-state index in [-0.39, 0.29) is 10.6 Å². The molecule has 8 heteroatoms. The molecule has 1 saturated carbocycles. The Kier molecular flexibility index (Phi) is 8.43. The van der Waals surface area contributed by atoms with Crippen LogP contribution in [-0.2, 0) is 14.8 Å². The van der Waals surface area contributed by atoms with Gasteiger partial charge in [0.25, 0.3) is 10.0 Å². The Bertz CT molecular complexity index is 1550. The Morgan fingerprint density at radius 3 is 2.21 bits per heavy atom. The topological polar surface area (TPSA) is 92.7 Å². The monoisotopic (exact) mass is 561 g/mol. The number of rotatable bonds is 10. The fraction of sp³-hybridized carbons (Fsp3) is 0.258. The second-order valence-electron chi connectivity index (χ2n) is 9.79. The largest absolute Gasteiger partial charge is 0.491 e. The molecule has 0 bridgehead atoms. The molecule has 6 nitrogen and oxygen atoms in total. The van der Waals surface area contributed by atoms with Crippen LogP contribution in [0.15, 0.2) is 94.7 Å². The summed E-state index contributed by atoms with van der Waals surface area (Å²) >= 11 is 1.13. The average Bonchev–Trinajstić information content (AvgIpc) is 2.96. The van der Waals surface area contributed by atoms with Gasteiger partial charge in [-0.25, -0.2) is 8.42 Å². The van der Waals surface area contributed by atoms with Crippen molar-refractivity contribution < 1.29 is 23.1 Å². The molecule has 202 valence electrons. The number of fused-ring (bicyclic) bond motifs is 1. The van der Waals surface area contributed by atoms with Gasteiger partial charge in [0.05, 0.1) is 27.8 Å². The number of benzene rings is 4. The van der Waals surface area contributed by atoms with E-state index in [1.54, 1.807) is 30.3 Å². The molecule has 0 radical (unpaired) electrons. The molecule has 0 amide bonds. The lowest BCUT2D eigenvalue weighted by Crippen LogP contribution is -2.16. The van der Waals surface area contributed by atoms with E-state index in [0.29, 0.717) is 34.2 Å². The van der Waals surface area contributed by atoms with Crippen molar-refractivity contribution in [2.24, 2.45) is 5.92 Å². The smallest absolute Gasteiger partial charge is 0.313 e. The van der Waals surface area contributed by atoms with Gasteiger partial charge in [0.2, 0.25) is 0 Å². The van der Waals surface area contributed by atoms with Crippen LogP contribution in [0.1, 0.15) is 32.1 Å². The minimum absolute atomic E-state index is 0.142. The first kappa shape index (κ1) is 27.1. The summed E-state index contributed by atoms with van der Waals surface area (Å²) in [4.78, 5) is 12.2. The number of carboxylic acid groups (broad SMARTS) is 1. The quantitative estimate of drug-likeness (QED) is 0.196. The maximum atomic E-state index is 13.4. The molecule has 2 N–H and O–H groups in total. The van der Waals surface area contributed by atoms with E-state index >= 15 is 0 Å². The molecule has 5 rings (SSSR count). The zero-order chi connectivity index (χ0) is 27.2. The number of sulfonamides is 1. The van der Waals surface area contributed by atoms with Gasteiger partial charge in [0.15, 0.2) is 0 Å². The van der Waals surface area contributed by atoms with Gasteiger partial charge in [-0.15, -0.1) is 11.8 Å². The van der Waals surface area contributed by atoms with Gasteiger partial charge in [-0.2, -0.15) is 0 Å². The molecular formula is C31H31NO5S2. The average molecular weight is 562 g/mol. The highest BCUT2D eigenvalue weighted by molar-refractivity contribution is 8.00. The summed E-state index contributed by atoms with van der Waals surface area (Å²) in [5.74, 6) is -0.0397. The molecule has 0 aromatic heterocycles. The zero-order valence-electron chi connectivity index (χ0n) is 21.5. The maximum absolute atomic E-state index is 13.4. The van der Waals surface area contributed by atoms with Gasteiger partial charge in [-0.1, -0.05) is 86.0 Å². The highest BCUT2D eigenvalue weighted by Gasteiger charge is 2.22. The molecule has 0 aliphatic heterocycles. The number of carbonyl (C=O) groups is 1. The highest BCUT2D eigenvalue weighted by Crippen LogP contribution is 2.42. The summed E-state index contributed by atoms with van der Waals surface area (Å²) < 4.78 is 36.0. The van der Waals surface area contributed by atoms with E-state index in [1.807, 2.05) is 54.6 Å². The molecule has 4 aromatic rings. The molecule has 0 heterocycles. The maximum Gasteiger partial charge on any atom is 0.313 e. The Hall–Kier alpha value is -3.49. The lowest BCUT2D eigenvalue weighted by atomic mass is 9.90. The van der Waals surface area contributed by atoms with Crippen LogP contribution in [0.5, 0.6) is 5.75 Å². The van der Waals surface area contributed by atoms with Gasteiger partial charge in [0, 0.05) is 10.8 Å². The number of nitrogens with one attached hydrogen (secondary N) is 1. The number of anilines is 1. The molecule has 39 heavy (non-hydrogen) atoms. The number of hydrogen-bond donors (Lipinski definition) is 2. The number of aliphatic carboxylic acids is 1. The third-order valence-electron chi connectivity index (χ3n) is 7.02. The summed E-state index contributed by atoms with van der Waals surface area (Å²) in [6, 6.07) is 25.7. The number of thioether (sulfide) groups is 1. The third kappa shape index (κ3) is 6.57. The van der Waals surface area contributed by atoms with Crippen molar-refractivity contribution in [1.82, 2.24) is 0 Å². The van der Waals surface area contributed by atoms with E-state index in [2.05, 4.69) is 4.72 Å². The number of ether oxygens (including phenoxy) is 1. The highest BCUT2D eigenvalue weighted by atomic mass is 32.2. The van der Waals surface area contributed by atoms with E-state index in [0.717, 1.165) is 41.1 Å². The molecule has 1 aliphatic rings. The molecule has 0 unspecified atom stereocenters. The van der Waals surface area contributed by atoms with Gasteiger partial charge in [-0.3, -0.25) is 9.52 Å². The van der Waals surface area contributed by atoms with Crippen molar-refractivity contribution >= 4 is 44.2 Å². The Balaban J connectivity index is 1.48. The van der Waals surface area contributed by atoms with Crippen LogP contribution >= 0.6 is 11.8 Å². The first-order valence-electron chi connectivity index (χ1n) is 13.1. The number of hydrogen-bond acceptors (Lipinski definition) is 5. The van der Waals surface area contributed by atoms with E-state index in [1.165, 1.54) is 19.3 Å². The minimum Gasteiger partial charge on any atom is -0.491 e. The molecule has 0 atom stereocenters. The molecule has 4 aromatic carbocycles. The van der Waals surface area contributed by atoms with Crippen LogP contribution in [0, 0.1) is 5.92 Å². The van der Waals surface area contributed by atoms with Crippen LogP contribution in [0.2, 0.25) is 0 Å². The summed E-state index contributed by atoms with van der Waals surface area (Å²) in [5.41, 5.74) is 2.31. The van der Waals surface area contributed by atoms with Crippen LogP contribution < -0.4 is 9.46 Å². The van der Waals surface area contributed by atoms with E-state index in [9.17, 15) is 18.3 Å². The Morgan fingerprint density at radius 1 is 0.872 bits per heavy atom. The molecule has 1 aliphatic carbocycles. The standard InChI is InChI=1S/C31H31NO5S2/c33-30(34)21-38-29-19-28(26-13-7-8-14-27(26)31(29)37-20-22-9-3-1-4-10-22)32-39(35,36)25-17-15-24(16-18-25)23-11-5-2-6-12-23/h2,5-8,11-19,22,32H,1,3-4,9-10,20-21H2,(H,33,34). The summed E-state index contributed by atoms with van der Waals surface area (Å²) in [6.45, 7) is 0.559. The first-order valence-corrected chi connectivity index (χ1v) is 15.6. The number of carboxylic acids is 1.